The van der Waals surface area contributed by atoms with Gasteiger partial charge in [0.15, 0.2) is 6.61 Å². The van der Waals surface area contributed by atoms with Crippen molar-refractivity contribution in [2.45, 2.75) is 33.9 Å². The largest absolute Gasteiger partial charge is 0.484 e. The van der Waals surface area contributed by atoms with Crippen LogP contribution in [0.1, 0.15) is 22.6 Å². The Morgan fingerprint density at radius 2 is 1.96 bits per heavy atom. The maximum absolute atomic E-state index is 12.4. The Hall–Kier alpha value is -2.45. The Balaban J connectivity index is 1.65. The van der Waals surface area contributed by atoms with Gasteiger partial charge in [-0.15, -0.1) is 5.10 Å². The molecule has 3 rings (SSSR count). The normalized spacial score (nSPS) is 10.7. The molecule has 28 heavy (non-hydrogen) atoms. The van der Waals surface area contributed by atoms with E-state index < -0.39 is 0 Å². The highest BCUT2D eigenvalue weighted by Crippen LogP contribution is 2.25. The number of hydrogen-bond acceptors (Lipinski definition) is 5. The predicted molar refractivity (Wildman–Crippen MR) is 113 cm³/mol. The highest BCUT2D eigenvalue weighted by atomic mass is 79.9. The highest BCUT2D eigenvalue weighted by Gasteiger charge is 2.13. The summed E-state index contributed by atoms with van der Waals surface area (Å²) >= 11 is 8.62. The van der Waals surface area contributed by atoms with Gasteiger partial charge in [0.2, 0.25) is 5.91 Å². The van der Waals surface area contributed by atoms with Crippen LogP contribution in [0.25, 0.3) is 0 Å². The van der Waals surface area contributed by atoms with Crippen molar-refractivity contribution in [3.8, 4) is 5.75 Å². The van der Waals surface area contributed by atoms with Crippen LogP contribution in [-0.2, 0) is 17.9 Å². The van der Waals surface area contributed by atoms with E-state index in [1.165, 1.54) is 4.68 Å². The fourth-order valence-corrected chi connectivity index (χ4v) is 3.67. The molecule has 0 aliphatic rings. The van der Waals surface area contributed by atoms with Crippen molar-refractivity contribution in [2.24, 2.45) is 0 Å². The van der Waals surface area contributed by atoms with Gasteiger partial charge < -0.3 is 14.5 Å². The van der Waals surface area contributed by atoms with Crippen LogP contribution >= 0.6 is 28.1 Å². The fraction of sp³-hybridized carbons (Fsp3) is 0.250. The average Bonchev–Trinajstić information content (AvgIpc) is 2.96. The first kappa shape index (κ1) is 20.3. The molecule has 1 N–H and O–H groups in total. The van der Waals surface area contributed by atoms with Crippen molar-refractivity contribution < 1.29 is 13.9 Å². The van der Waals surface area contributed by atoms with Crippen LogP contribution in [0.2, 0.25) is 0 Å². The molecule has 0 atom stereocenters. The van der Waals surface area contributed by atoms with Crippen LogP contribution in [0.4, 0.5) is 5.69 Å². The third kappa shape index (κ3) is 5.08. The number of benzene rings is 2. The molecule has 0 bridgehead atoms. The third-order valence-corrected chi connectivity index (χ3v) is 4.81. The van der Waals surface area contributed by atoms with Gasteiger partial charge >= 0.3 is 0 Å². The minimum atomic E-state index is -0.232. The van der Waals surface area contributed by atoms with Crippen LogP contribution in [0.15, 0.2) is 45.3 Å². The van der Waals surface area contributed by atoms with Crippen LogP contribution in [0.3, 0.4) is 0 Å². The average molecular weight is 462 g/mol. The van der Waals surface area contributed by atoms with Crippen LogP contribution in [-0.4, -0.2) is 15.7 Å². The molecule has 0 spiro atoms. The summed E-state index contributed by atoms with van der Waals surface area (Å²) in [5.74, 6) is 0.800. The summed E-state index contributed by atoms with van der Waals surface area (Å²) in [6.45, 7) is 5.96. The minimum Gasteiger partial charge on any atom is -0.484 e. The molecule has 0 saturated heterocycles. The number of aromatic nitrogens is 2. The van der Waals surface area contributed by atoms with E-state index in [-0.39, 0.29) is 23.9 Å². The number of nitrogens with one attached hydrogen (secondary N) is 1. The van der Waals surface area contributed by atoms with E-state index in [4.69, 9.17) is 21.4 Å². The predicted octanol–water partition coefficient (Wildman–Crippen LogP) is 5.11. The highest BCUT2D eigenvalue weighted by molar-refractivity contribution is 9.10. The van der Waals surface area contributed by atoms with Crippen molar-refractivity contribution in [1.29, 1.82) is 0 Å². The lowest BCUT2D eigenvalue weighted by Crippen LogP contribution is -2.21. The van der Waals surface area contributed by atoms with E-state index in [1.807, 2.05) is 57.2 Å². The topological polar surface area (TPSA) is 69.3 Å². The second-order valence-electron chi connectivity index (χ2n) is 6.49. The Morgan fingerprint density at radius 1 is 1.25 bits per heavy atom. The maximum atomic E-state index is 12.4. The van der Waals surface area contributed by atoms with Crippen LogP contribution in [0.5, 0.6) is 5.75 Å². The molecular formula is C20H20BrN3O3S. The van der Waals surface area contributed by atoms with E-state index in [0.29, 0.717) is 5.89 Å². The molecule has 6 nitrogen and oxygen atoms in total. The molecule has 0 fully saturated rings. The molecule has 8 heteroatoms. The first-order chi connectivity index (χ1) is 13.3. The van der Waals surface area contributed by atoms with Crippen molar-refractivity contribution >= 4 is 39.7 Å². The number of aryl methyl sites for hydroxylation is 3. The standard InChI is InChI=1S/C20H20BrN3O3S/c1-12-5-4-6-16(7-12)26-11-18-23-24(20(28)27-18)10-17(25)22-19-13(2)8-15(21)9-14(19)3/h4-9H,10-11H2,1-3H3,(H,22,25). The second-order valence-corrected chi connectivity index (χ2v) is 7.75. The number of ether oxygens (including phenoxy) is 1. The van der Waals surface area contributed by atoms with Gasteiger partial charge in [0.1, 0.15) is 12.3 Å². The number of amides is 1. The summed E-state index contributed by atoms with van der Waals surface area (Å²) in [5, 5.41) is 7.16. The number of hydrogen-bond donors (Lipinski definition) is 1. The summed E-state index contributed by atoms with van der Waals surface area (Å²) in [5.41, 5.74) is 3.82. The summed E-state index contributed by atoms with van der Waals surface area (Å²) in [6.07, 6.45) is 0. The quantitative estimate of drug-likeness (QED) is 0.516. The molecule has 1 amide bonds. The van der Waals surface area contributed by atoms with E-state index in [1.54, 1.807) is 0 Å². The summed E-state index contributed by atoms with van der Waals surface area (Å²) < 4.78 is 13.4. The van der Waals surface area contributed by atoms with Gasteiger partial charge in [0.25, 0.3) is 10.7 Å². The van der Waals surface area contributed by atoms with E-state index >= 15 is 0 Å². The zero-order chi connectivity index (χ0) is 20.3. The van der Waals surface area contributed by atoms with Gasteiger partial charge in [-0.05, 0) is 73.9 Å². The lowest BCUT2D eigenvalue weighted by Gasteiger charge is -2.12. The smallest absolute Gasteiger partial charge is 0.287 e. The number of nitrogens with zero attached hydrogens (tertiary/aromatic N) is 2. The van der Waals surface area contributed by atoms with Gasteiger partial charge in [-0.2, -0.15) is 0 Å². The van der Waals surface area contributed by atoms with Gasteiger partial charge in [-0.3, -0.25) is 4.79 Å². The molecule has 0 aliphatic heterocycles. The monoisotopic (exact) mass is 461 g/mol. The van der Waals surface area contributed by atoms with Gasteiger partial charge in [0.05, 0.1) is 0 Å². The van der Waals surface area contributed by atoms with Gasteiger partial charge in [-0.25, -0.2) is 4.68 Å². The van der Waals surface area contributed by atoms with E-state index in [9.17, 15) is 4.79 Å². The molecule has 2 aromatic carbocycles. The molecular weight excluding hydrogens is 442 g/mol. The SMILES string of the molecule is Cc1cccc(OCc2nn(CC(=O)Nc3c(C)cc(Br)cc3C)c(=S)o2)c1. The first-order valence-electron chi connectivity index (χ1n) is 8.64. The number of halogens is 1. The van der Waals surface area contributed by atoms with Gasteiger partial charge in [-0.1, -0.05) is 28.1 Å². The number of carbonyl (C=O) groups excluding carboxylic acids is 1. The van der Waals surface area contributed by atoms with Crippen molar-refractivity contribution in [3.63, 3.8) is 0 Å². The zero-order valence-corrected chi connectivity index (χ0v) is 18.2. The molecule has 0 aliphatic carbocycles. The minimum absolute atomic E-state index is 0.0400. The molecule has 3 aromatic rings. The fourth-order valence-electron chi connectivity index (χ4n) is 2.78. The van der Waals surface area contributed by atoms with E-state index in [0.717, 1.165) is 32.6 Å². The number of anilines is 1. The van der Waals surface area contributed by atoms with Crippen LogP contribution in [0, 0.1) is 25.6 Å². The summed E-state index contributed by atoms with van der Waals surface area (Å²) in [7, 11) is 0. The summed E-state index contributed by atoms with van der Waals surface area (Å²) in [6, 6.07) is 11.6. The van der Waals surface area contributed by atoms with E-state index in [2.05, 4.69) is 26.3 Å². The molecule has 0 unspecified atom stereocenters. The molecule has 1 heterocycles. The Bertz CT molecular complexity index is 1050. The third-order valence-electron chi connectivity index (χ3n) is 4.06. The molecule has 146 valence electrons. The zero-order valence-electron chi connectivity index (χ0n) is 15.8. The Labute approximate surface area is 176 Å². The molecule has 0 radical (unpaired) electrons. The van der Waals surface area contributed by atoms with Gasteiger partial charge in [0, 0.05) is 10.2 Å². The number of carbonyl (C=O) groups is 1. The van der Waals surface area contributed by atoms with Crippen molar-refractivity contribution in [3.05, 3.63) is 68.3 Å². The lowest BCUT2D eigenvalue weighted by atomic mass is 10.1. The number of rotatable bonds is 6. The maximum Gasteiger partial charge on any atom is 0.287 e. The molecule has 0 saturated carbocycles. The summed E-state index contributed by atoms with van der Waals surface area (Å²) in [4.78, 5) is 12.6. The Morgan fingerprint density at radius 3 is 2.64 bits per heavy atom. The van der Waals surface area contributed by atoms with Crippen molar-refractivity contribution in [2.75, 3.05) is 5.32 Å². The Kier molecular flexibility index (Phi) is 6.31. The van der Waals surface area contributed by atoms with Crippen LogP contribution < -0.4 is 10.1 Å². The second kappa shape index (κ2) is 8.70. The first-order valence-corrected chi connectivity index (χ1v) is 9.85. The lowest BCUT2D eigenvalue weighted by molar-refractivity contribution is -0.117. The molecule has 1 aromatic heterocycles. The van der Waals surface area contributed by atoms with Crippen molar-refractivity contribution in [1.82, 2.24) is 9.78 Å².